The molecule has 2 aromatic carbocycles. The highest BCUT2D eigenvalue weighted by atomic mass is 35.5. The van der Waals surface area contributed by atoms with Crippen molar-refractivity contribution >= 4 is 22.9 Å². The van der Waals surface area contributed by atoms with Gasteiger partial charge in [-0.2, -0.15) is 24.5 Å². The zero-order chi connectivity index (χ0) is 25.3. The van der Waals surface area contributed by atoms with E-state index < -0.39 is 11.7 Å². The Morgan fingerprint density at radius 3 is 2.33 bits per heavy atom. The number of piperidine rings is 1. The van der Waals surface area contributed by atoms with E-state index in [0.29, 0.717) is 29.9 Å². The molecule has 5 rings (SSSR count). The van der Waals surface area contributed by atoms with Crippen molar-refractivity contribution in [1.29, 1.82) is 0 Å². The number of benzene rings is 2. The first-order chi connectivity index (χ1) is 17.3. The Balaban J connectivity index is 1.24. The lowest BCUT2D eigenvalue weighted by Crippen LogP contribution is -2.38. The Hall–Kier alpha value is -1.93. The Bertz CT molecular complexity index is 1140. The summed E-state index contributed by atoms with van der Waals surface area (Å²) in [6, 6.07) is 13.3. The van der Waals surface area contributed by atoms with E-state index in [-0.39, 0.29) is 10.8 Å². The SMILES string of the molecule is Fc1ccc(C2CCN(CC3CN(Cc4ccc(Cl)c(C(F)(F)F)c4)CC3c3ccsc3)CC2)cc1. The van der Waals surface area contributed by atoms with Gasteiger partial charge in [0.1, 0.15) is 5.82 Å². The molecule has 0 radical (unpaired) electrons. The highest BCUT2D eigenvalue weighted by molar-refractivity contribution is 7.08. The second-order valence-electron chi connectivity index (χ2n) is 10.1. The van der Waals surface area contributed by atoms with Gasteiger partial charge in [0.05, 0.1) is 10.6 Å². The lowest BCUT2D eigenvalue weighted by atomic mass is 9.87. The van der Waals surface area contributed by atoms with Gasteiger partial charge < -0.3 is 4.90 Å². The molecule has 0 bridgehead atoms. The average Bonchev–Trinajstić information content (AvgIpc) is 3.51. The summed E-state index contributed by atoms with van der Waals surface area (Å²) in [5, 5.41) is 4.04. The molecule has 192 valence electrons. The van der Waals surface area contributed by atoms with Gasteiger partial charge in [0.15, 0.2) is 0 Å². The second kappa shape index (κ2) is 10.8. The number of hydrogen-bond acceptors (Lipinski definition) is 3. The Labute approximate surface area is 218 Å². The fourth-order valence-corrected chi connectivity index (χ4v) is 6.75. The first kappa shape index (κ1) is 25.7. The molecule has 2 nitrogen and oxygen atoms in total. The highest BCUT2D eigenvalue weighted by Gasteiger charge is 2.37. The predicted octanol–water partition coefficient (Wildman–Crippen LogP) is 7.65. The van der Waals surface area contributed by atoms with Crippen LogP contribution < -0.4 is 0 Å². The van der Waals surface area contributed by atoms with Crippen LogP contribution in [0, 0.1) is 11.7 Å². The van der Waals surface area contributed by atoms with E-state index in [0.717, 1.165) is 45.6 Å². The van der Waals surface area contributed by atoms with Crippen LogP contribution in [0.1, 0.15) is 46.9 Å². The molecule has 36 heavy (non-hydrogen) atoms. The van der Waals surface area contributed by atoms with Crippen LogP contribution in [0.5, 0.6) is 0 Å². The molecule has 1 aromatic heterocycles. The largest absolute Gasteiger partial charge is 0.417 e. The third kappa shape index (κ3) is 5.96. The molecule has 3 aromatic rings. The zero-order valence-electron chi connectivity index (χ0n) is 19.9. The van der Waals surface area contributed by atoms with E-state index in [1.165, 1.54) is 23.3 Å². The van der Waals surface area contributed by atoms with Crippen LogP contribution in [0.4, 0.5) is 17.6 Å². The van der Waals surface area contributed by atoms with Gasteiger partial charge >= 0.3 is 6.18 Å². The molecule has 2 unspecified atom stereocenters. The van der Waals surface area contributed by atoms with Gasteiger partial charge in [0, 0.05) is 32.1 Å². The Morgan fingerprint density at radius 1 is 0.917 bits per heavy atom. The van der Waals surface area contributed by atoms with Gasteiger partial charge in [0.25, 0.3) is 0 Å². The zero-order valence-corrected chi connectivity index (χ0v) is 21.4. The van der Waals surface area contributed by atoms with E-state index in [2.05, 4.69) is 26.6 Å². The minimum Gasteiger partial charge on any atom is -0.303 e. The first-order valence-electron chi connectivity index (χ1n) is 12.3. The molecule has 0 saturated carbocycles. The molecule has 2 aliphatic rings. The van der Waals surface area contributed by atoms with E-state index in [1.54, 1.807) is 29.5 Å². The monoisotopic (exact) mass is 536 g/mol. The fourth-order valence-electron chi connectivity index (χ4n) is 5.80. The van der Waals surface area contributed by atoms with Crippen molar-refractivity contribution in [2.45, 2.75) is 37.4 Å². The topological polar surface area (TPSA) is 6.48 Å². The molecule has 0 amide bonds. The second-order valence-corrected chi connectivity index (χ2v) is 11.2. The average molecular weight is 537 g/mol. The van der Waals surface area contributed by atoms with Gasteiger partial charge in [-0.25, -0.2) is 4.39 Å². The number of hydrogen-bond donors (Lipinski definition) is 0. The summed E-state index contributed by atoms with van der Waals surface area (Å²) in [6.07, 6.45) is -2.35. The summed E-state index contributed by atoms with van der Waals surface area (Å²) in [5.41, 5.74) is 2.40. The summed E-state index contributed by atoms with van der Waals surface area (Å²) in [6.45, 7) is 5.13. The smallest absolute Gasteiger partial charge is 0.303 e. The number of halogens is 5. The predicted molar refractivity (Wildman–Crippen MR) is 137 cm³/mol. The third-order valence-electron chi connectivity index (χ3n) is 7.65. The van der Waals surface area contributed by atoms with E-state index in [9.17, 15) is 17.6 Å². The third-order valence-corrected chi connectivity index (χ3v) is 8.68. The van der Waals surface area contributed by atoms with Crippen molar-refractivity contribution in [3.63, 3.8) is 0 Å². The molecular weight excluding hydrogens is 508 g/mol. The van der Waals surface area contributed by atoms with E-state index in [4.69, 9.17) is 11.6 Å². The van der Waals surface area contributed by atoms with Crippen LogP contribution in [-0.4, -0.2) is 42.5 Å². The molecule has 2 saturated heterocycles. The molecule has 2 aliphatic heterocycles. The van der Waals surface area contributed by atoms with Crippen LogP contribution >= 0.6 is 22.9 Å². The maximum atomic E-state index is 13.3. The van der Waals surface area contributed by atoms with Crippen LogP contribution in [0.2, 0.25) is 5.02 Å². The minimum absolute atomic E-state index is 0.199. The lowest BCUT2D eigenvalue weighted by Gasteiger charge is -2.34. The number of likely N-dealkylation sites (tertiary alicyclic amines) is 2. The molecule has 3 heterocycles. The number of alkyl halides is 3. The fraction of sp³-hybridized carbons (Fsp3) is 0.429. The van der Waals surface area contributed by atoms with Gasteiger partial charge in [0.2, 0.25) is 0 Å². The summed E-state index contributed by atoms with van der Waals surface area (Å²) in [4.78, 5) is 4.80. The van der Waals surface area contributed by atoms with Gasteiger partial charge in [-0.3, -0.25) is 4.90 Å². The molecule has 0 N–H and O–H groups in total. The molecule has 2 atom stereocenters. The Morgan fingerprint density at radius 2 is 1.67 bits per heavy atom. The standard InChI is InChI=1S/C28H29ClF4N2S/c29-27-6-1-19(13-26(27)28(31,32)33)14-35-16-23(25(17-35)22-9-12-36-18-22)15-34-10-7-21(8-11-34)20-2-4-24(30)5-3-20/h1-6,9,12-13,18,21,23,25H,7-8,10-11,14-17H2. The van der Waals surface area contributed by atoms with Gasteiger partial charge in [-0.1, -0.05) is 29.8 Å². The van der Waals surface area contributed by atoms with Crippen molar-refractivity contribution < 1.29 is 17.6 Å². The van der Waals surface area contributed by atoms with Crippen molar-refractivity contribution in [2.75, 3.05) is 32.7 Å². The quantitative estimate of drug-likeness (QED) is 0.298. The summed E-state index contributed by atoms with van der Waals surface area (Å²) >= 11 is 7.51. The summed E-state index contributed by atoms with van der Waals surface area (Å²) in [7, 11) is 0. The van der Waals surface area contributed by atoms with Crippen LogP contribution in [-0.2, 0) is 12.7 Å². The maximum absolute atomic E-state index is 13.3. The molecule has 0 spiro atoms. The Kier molecular flexibility index (Phi) is 7.73. The van der Waals surface area contributed by atoms with Crippen LogP contribution in [0.3, 0.4) is 0 Å². The minimum atomic E-state index is -4.46. The summed E-state index contributed by atoms with van der Waals surface area (Å²) < 4.78 is 53.3. The molecule has 8 heteroatoms. The van der Waals surface area contributed by atoms with Crippen molar-refractivity contribution in [2.24, 2.45) is 5.92 Å². The van der Waals surface area contributed by atoms with Gasteiger partial charge in [-0.05, 0) is 95.5 Å². The number of thiophene rings is 1. The maximum Gasteiger partial charge on any atom is 0.417 e. The molecular formula is C28H29ClF4N2S. The van der Waals surface area contributed by atoms with Crippen molar-refractivity contribution in [3.8, 4) is 0 Å². The van der Waals surface area contributed by atoms with E-state index >= 15 is 0 Å². The van der Waals surface area contributed by atoms with Gasteiger partial charge in [-0.15, -0.1) is 0 Å². The van der Waals surface area contributed by atoms with Crippen molar-refractivity contribution in [3.05, 3.63) is 92.4 Å². The molecule has 0 aliphatic carbocycles. The van der Waals surface area contributed by atoms with Crippen molar-refractivity contribution in [1.82, 2.24) is 9.80 Å². The van der Waals surface area contributed by atoms with E-state index in [1.807, 2.05) is 12.1 Å². The first-order valence-corrected chi connectivity index (χ1v) is 13.7. The van der Waals surface area contributed by atoms with Crippen LogP contribution in [0.25, 0.3) is 0 Å². The molecule has 2 fully saturated rings. The summed E-state index contributed by atoms with van der Waals surface area (Å²) in [5.74, 6) is 1.04. The lowest BCUT2D eigenvalue weighted by molar-refractivity contribution is -0.137. The normalized spacial score (nSPS) is 22.4. The highest BCUT2D eigenvalue weighted by Crippen LogP contribution is 2.38. The number of rotatable bonds is 6. The number of nitrogens with zero attached hydrogens (tertiary/aromatic N) is 2. The van der Waals surface area contributed by atoms with Crippen LogP contribution in [0.15, 0.2) is 59.3 Å².